The van der Waals surface area contributed by atoms with E-state index in [0.717, 1.165) is 37.2 Å². The Morgan fingerprint density at radius 1 is 1.08 bits per heavy atom. The molecule has 1 fully saturated rings. The summed E-state index contributed by atoms with van der Waals surface area (Å²) in [6.45, 7) is 5.24. The second kappa shape index (κ2) is 7.15. The van der Waals surface area contributed by atoms with E-state index in [2.05, 4.69) is 5.32 Å². The first-order valence-corrected chi connectivity index (χ1v) is 8.75. The number of nitrogens with zero attached hydrogens (tertiary/aromatic N) is 2. The lowest BCUT2D eigenvalue weighted by molar-refractivity contribution is 0.0792. The number of rotatable bonds is 3. The summed E-state index contributed by atoms with van der Waals surface area (Å²) in [6, 6.07) is 6.66. The van der Waals surface area contributed by atoms with Crippen molar-refractivity contribution in [2.24, 2.45) is 7.05 Å². The van der Waals surface area contributed by atoms with Crippen molar-refractivity contribution in [1.82, 2.24) is 9.47 Å². The highest BCUT2D eigenvalue weighted by Crippen LogP contribution is 2.20. The summed E-state index contributed by atoms with van der Waals surface area (Å²) < 4.78 is 1.74. The van der Waals surface area contributed by atoms with Crippen LogP contribution in [0.5, 0.6) is 0 Å². The van der Waals surface area contributed by atoms with Crippen LogP contribution < -0.4 is 10.7 Å². The molecule has 0 radical (unpaired) electrons. The van der Waals surface area contributed by atoms with Crippen molar-refractivity contribution < 1.29 is 9.59 Å². The number of benzene rings is 1. The number of carbonyl (C=O) groups is 2. The standard InChI is InChI=1S/C20H23N3O3/c1-13-10-15(20(26)23-8-4-5-9-23)6-7-17(13)21-19(25)16-12-22(3)14(2)11-18(16)24/h6-7,10-12H,4-5,8-9H2,1-3H3,(H,21,25). The van der Waals surface area contributed by atoms with Crippen LogP contribution in [0.1, 0.15) is 44.8 Å². The molecule has 1 N–H and O–H groups in total. The quantitative estimate of drug-likeness (QED) is 0.921. The molecule has 136 valence electrons. The van der Waals surface area contributed by atoms with Crippen molar-refractivity contribution in [2.75, 3.05) is 18.4 Å². The molecule has 0 saturated carbocycles. The molecular formula is C20H23N3O3. The van der Waals surface area contributed by atoms with E-state index in [1.54, 1.807) is 29.8 Å². The summed E-state index contributed by atoms with van der Waals surface area (Å²) in [4.78, 5) is 38.9. The molecule has 1 aromatic carbocycles. The molecule has 3 rings (SSSR count). The minimum atomic E-state index is -0.452. The van der Waals surface area contributed by atoms with Crippen LogP contribution in [0.3, 0.4) is 0 Å². The third kappa shape index (κ3) is 3.54. The van der Waals surface area contributed by atoms with Crippen LogP contribution in [0.25, 0.3) is 0 Å². The van der Waals surface area contributed by atoms with Gasteiger partial charge in [0.25, 0.3) is 11.8 Å². The summed E-state index contributed by atoms with van der Waals surface area (Å²) in [5, 5.41) is 2.77. The normalized spacial score (nSPS) is 13.7. The topological polar surface area (TPSA) is 71.4 Å². The molecule has 0 unspecified atom stereocenters. The van der Waals surface area contributed by atoms with Gasteiger partial charge < -0.3 is 14.8 Å². The van der Waals surface area contributed by atoms with Crippen molar-refractivity contribution in [1.29, 1.82) is 0 Å². The highest BCUT2D eigenvalue weighted by Gasteiger charge is 2.20. The lowest BCUT2D eigenvalue weighted by atomic mass is 10.1. The van der Waals surface area contributed by atoms with Crippen molar-refractivity contribution in [3.05, 3.63) is 63.1 Å². The Morgan fingerprint density at radius 2 is 1.77 bits per heavy atom. The summed E-state index contributed by atoms with van der Waals surface area (Å²) in [5.41, 5.74) is 2.57. The molecule has 26 heavy (non-hydrogen) atoms. The van der Waals surface area contributed by atoms with Crippen LogP contribution in [-0.2, 0) is 7.05 Å². The smallest absolute Gasteiger partial charge is 0.261 e. The maximum Gasteiger partial charge on any atom is 0.261 e. The lowest BCUT2D eigenvalue weighted by Crippen LogP contribution is -2.27. The van der Waals surface area contributed by atoms with E-state index in [4.69, 9.17) is 0 Å². The minimum absolute atomic E-state index is 0.0240. The first-order valence-electron chi connectivity index (χ1n) is 8.75. The molecule has 1 aliphatic rings. The third-order valence-corrected chi connectivity index (χ3v) is 4.84. The maximum absolute atomic E-state index is 12.5. The Hall–Kier alpha value is -2.89. The van der Waals surface area contributed by atoms with E-state index in [-0.39, 0.29) is 16.9 Å². The number of likely N-dealkylation sites (tertiary alicyclic amines) is 1. The number of hydrogen-bond acceptors (Lipinski definition) is 3. The molecule has 6 heteroatoms. The average molecular weight is 353 g/mol. The van der Waals surface area contributed by atoms with Crippen molar-refractivity contribution in [2.45, 2.75) is 26.7 Å². The van der Waals surface area contributed by atoms with Gasteiger partial charge in [-0.25, -0.2) is 0 Å². The molecule has 1 aromatic heterocycles. The summed E-state index contributed by atoms with van der Waals surface area (Å²) in [6.07, 6.45) is 3.63. The zero-order chi connectivity index (χ0) is 18.8. The van der Waals surface area contributed by atoms with Gasteiger partial charge in [-0.05, 0) is 50.5 Å². The van der Waals surface area contributed by atoms with Gasteiger partial charge in [-0.2, -0.15) is 0 Å². The first kappa shape index (κ1) is 17.9. The molecule has 2 heterocycles. The van der Waals surface area contributed by atoms with Crippen LogP contribution in [0.2, 0.25) is 0 Å². The SMILES string of the molecule is Cc1cc(C(=O)N2CCCC2)ccc1NC(=O)c1cn(C)c(C)cc1=O. The van der Waals surface area contributed by atoms with E-state index < -0.39 is 5.91 Å². The summed E-state index contributed by atoms with van der Waals surface area (Å²) in [5.74, 6) is -0.428. The Kier molecular flexibility index (Phi) is 4.93. The van der Waals surface area contributed by atoms with Crippen LogP contribution >= 0.6 is 0 Å². The molecule has 1 aliphatic heterocycles. The lowest BCUT2D eigenvalue weighted by Gasteiger charge is -2.16. The molecule has 1 saturated heterocycles. The summed E-state index contributed by atoms with van der Waals surface area (Å²) in [7, 11) is 1.79. The Balaban J connectivity index is 1.80. The van der Waals surface area contributed by atoms with Gasteiger partial charge in [0.05, 0.1) is 0 Å². The zero-order valence-electron chi connectivity index (χ0n) is 15.3. The fourth-order valence-corrected chi connectivity index (χ4v) is 3.13. The Labute approximate surface area is 152 Å². The first-order chi connectivity index (χ1) is 12.4. The third-order valence-electron chi connectivity index (χ3n) is 4.84. The molecule has 0 bridgehead atoms. The molecule has 6 nitrogen and oxygen atoms in total. The van der Waals surface area contributed by atoms with E-state index >= 15 is 0 Å². The monoisotopic (exact) mass is 353 g/mol. The van der Waals surface area contributed by atoms with Gasteiger partial charge in [-0.15, -0.1) is 0 Å². The van der Waals surface area contributed by atoms with Crippen LogP contribution in [0.4, 0.5) is 5.69 Å². The molecular weight excluding hydrogens is 330 g/mol. The van der Waals surface area contributed by atoms with E-state index in [9.17, 15) is 14.4 Å². The van der Waals surface area contributed by atoms with Crippen LogP contribution in [-0.4, -0.2) is 34.4 Å². The predicted octanol–water partition coefficient (Wildman–Crippen LogP) is 2.49. The molecule has 0 spiro atoms. The van der Waals surface area contributed by atoms with Crippen LogP contribution in [0, 0.1) is 13.8 Å². The second-order valence-corrected chi connectivity index (χ2v) is 6.79. The van der Waals surface area contributed by atoms with Gasteiger partial charge in [0.15, 0.2) is 5.43 Å². The van der Waals surface area contributed by atoms with Crippen molar-refractivity contribution in [3.63, 3.8) is 0 Å². The highest BCUT2D eigenvalue weighted by atomic mass is 16.2. The predicted molar refractivity (Wildman–Crippen MR) is 101 cm³/mol. The van der Waals surface area contributed by atoms with Gasteiger partial charge >= 0.3 is 0 Å². The van der Waals surface area contributed by atoms with Gasteiger partial charge in [0, 0.05) is 49.3 Å². The Morgan fingerprint density at radius 3 is 2.42 bits per heavy atom. The van der Waals surface area contributed by atoms with Crippen LogP contribution in [0.15, 0.2) is 35.3 Å². The Bertz CT molecular complexity index is 924. The molecule has 2 amide bonds. The van der Waals surface area contributed by atoms with Crippen molar-refractivity contribution in [3.8, 4) is 0 Å². The minimum Gasteiger partial charge on any atom is -0.354 e. The largest absolute Gasteiger partial charge is 0.354 e. The van der Waals surface area contributed by atoms with Gasteiger partial charge in [0.1, 0.15) is 5.56 Å². The molecule has 2 aromatic rings. The number of hydrogen-bond donors (Lipinski definition) is 1. The number of aromatic nitrogens is 1. The fourth-order valence-electron chi connectivity index (χ4n) is 3.13. The number of aryl methyl sites for hydroxylation is 3. The van der Waals surface area contributed by atoms with E-state index in [1.165, 1.54) is 12.3 Å². The van der Waals surface area contributed by atoms with Gasteiger partial charge in [-0.1, -0.05) is 0 Å². The van der Waals surface area contributed by atoms with E-state index in [1.807, 2.05) is 18.7 Å². The molecule has 0 aliphatic carbocycles. The number of nitrogens with one attached hydrogen (secondary N) is 1. The average Bonchev–Trinajstić information content (AvgIpc) is 3.13. The number of anilines is 1. The second-order valence-electron chi connectivity index (χ2n) is 6.79. The zero-order valence-corrected chi connectivity index (χ0v) is 15.3. The molecule has 0 atom stereocenters. The summed E-state index contributed by atoms with van der Waals surface area (Å²) >= 11 is 0. The van der Waals surface area contributed by atoms with Crippen molar-refractivity contribution >= 4 is 17.5 Å². The number of pyridine rings is 1. The fraction of sp³-hybridized carbons (Fsp3) is 0.350. The van der Waals surface area contributed by atoms with Gasteiger partial charge in [0.2, 0.25) is 0 Å². The maximum atomic E-state index is 12.5. The highest BCUT2D eigenvalue weighted by molar-refractivity contribution is 6.04. The van der Waals surface area contributed by atoms with Gasteiger partial charge in [-0.3, -0.25) is 14.4 Å². The number of amides is 2. The van der Waals surface area contributed by atoms with E-state index in [0.29, 0.717) is 11.3 Å². The number of carbonyl (C=O) groups excluding carboxylic acids is 2.